The predicted molar refractivity (Wildman–Crippen MR) is 106 cm³/mol. The average Bonchev–Trinajstić information content (AvgIpc) is 2.57. The lowest BCUT2D eigenvalue weighted by Crippen LogP contribution is -2.46. The van der Waals surface area contributed by atoms with Crippen LogP contribution in [0.2, 0.25) is 5.02 Å². The monoisotopic (exact) mass is 389 g/mol. The Labute approximate surface area is 161 Å². The number of amides is 1. The Balaban J connectivity index is 2.00. The van der Waals surface area contributed by atoms with Crippen LogP contribution in [0, 0.1) is 12.7 Å². The molecule has 7 heteroatoms. The second-order valence-electron chi connectivity index (χ2n) is 6.01. The number of benzene rings is 2. The van der Waals surface area contributed by atoms with Crippen LogP contribution in [0.3, 0.4) is 0 Å². The Kier molecular flexibility index (Phi) is 5.25. The van der Waals surface area contributed by atoms with Crippen LogP contribution in [-0.4, -0.2) is 11.0 Å². The average molecular weight is 390 g/mol. The number of thiocarbonyl (C=S) groups is 1. The largest absolute Gasteiger partial charge is 0.351 e. The SMILES string of the molecule is CC1=C(C(=O)Nc2cc(Cl)ccc2C)[C@@H](c2ccccc2F)NC(=S)N1. The molecule has 1 aliphatic heterocycles. The lowest BCUT2D eigenvalue weighted by Gasteiger charge is -2.30. The van der Waals surface area contributed by atoms with Crippen molar-refractivity contribution in [3.05, 3.63) is 75.7 Å². The van der Waals surface area contributed by atoms with Gasteiger partial charge in [-0.3, -0.25) is 4.79 Å². The summed E-state index contributed by atoms with van der Waals surface area (Å²) in [6.07, 6.45) is 0. The van der Waals surface area contributed by atoms with Gasteiger partial charge in [-0.2, -0.15) is 0 Å². The van der Waals surface area contributed by atoms with E-state index in [1.165, 1.54) is 6.07 Å². The maximum Gasteiger partial charge on any atom is 0.255 e. The van der Waals surface area contributed by atoms with Gasteiger partial charge in [0.1, 0.15) is 5.82 Å². The molecule has 0 radical (unpaired) electrons. The summed E-state index contributed by atoms with van der Waals surface area (Å²) in [4.78, 5) is 13.0. The molecule has 3 N–H and O–H groups in total. The number of anilines is 1. The summed E-state index contributed by atoms with van der Waals surface area (Å²) in [5.41, 5.74) is 2.75. The summed E-state index contributed by atoms with van der Waals surface area (Å²) in [6.45, 7) is 3.61. The van der Waals surface area contributed by atoms with Crippen molar-refractivity contribution in [3.8, 4) is 0 Å². The molecule has 1 atom stereocenters. The number of halogens is 2. The maximum atomic E-state index is 14.3. The van der Waals surface area contributed by atoms with Crippen LogP contribution in [-0.2, 0) is 4.79 Å². The van der Waals surface area contributed by atoms with Crippen LogP contribution in [0.5, 0.6) is 0 Å². The molecule has 26 heavy (non-hydrogen) atoms. The fourth-order valence-corrected chi connectivity index (χ4v) is 3.30. The minimum atomic E-state index is -0.690. The number of carbonyl (C=O) groups is 1. The summed E-state index contributed by atoms with van der Waals surface area (Å²) in [5.74, 6) is -0.768. The highest BCUT2D eigenvalue weighted by atomic mass is 35.5. The predicted octanol–water partition coefficient (Wildman–Crippen LogP) is 4.22. The second kappa shape index (κ2) is 7.43. The zero-order chi connectivity index (χ0) is 18.8. The van der Waals surface area contributed by atoms with Gasteiger partial charge in [0.25, 0.3) is 5.91 Å². The van der Waals surface area contributed by atoms with E-state index in [4.69, 9.17) is 23.8 Å². The number of allylic oxidation sites excluding steroid dienone is 1. The van der Waals surface area contributed by atoms with Crippen LogP contribution < -0.4 is 16.0 Å². The van der Waals surface area contributed by atoms with Crippen molar-refractivity contribution < 1.29 is 9.18 Å². The minimum Gasteiger partial charge on any atom is -0.351 e. The molecular weight excluding hydrogens is 373 g/mol. The zero-order valence-electron chi connectivity index (χ0n) is 14.2. The van der Waals surface area contributed by atoms with Crippen LogP contribution in [0.1, 0.15) is 24.1 Å². The van der Waals surface area contributed by atoms with E-state index in [9.17, 15) is 9.18 Å². The van der Waals surface area contributed by atoms with E-state index in [1.807, 2.05) is 13.0 Å². The van der Waals surface area contributed by atoms with E-state index in [0.29, 0.717) is 32.7 Å². The molecule has 1 amide bonds. The van der Waals surface area contributed by atoms with Gasteiger partial charge in [-0.15, -0.1) is 0 Å². The zero-order valence-corrected chi connectivity index (χ0v) is 15.8. The number of nitrogens with one attached hydrogen (secondary N) is 3. The van der Waals surface area contributed by atoms with Gasteiger partial charge in [0.05, 0.1) is 11.6 Å². The van der Waals surface area contributed by atoms with Gasteiger partial charge in [-0.1, -0.05) is 35.9 Å². The number of hydrogen-bond donors (Lipinski definition) is 3. The minimum absolute atomic E-state index is 0.339. The number of aryl methyl sites for hydroxylation is 1. The second-order valence-corrected chi connectivity index (χ2v) is 6.85. The van der Waals surface area contributed by atoms with Crippen LogP contribution in [0.15, 0.2) is 53.7 Å². The van der Waals surface area contributed by atoms with E-state index in [2.05, 4.69) is 16.0 Å². The van der Waals surface area contributed by atoms with E-state index < -0.39 is 11.9 Å². The van der Waals surface area contributed by atoms with Crippen molar-refractivity contribution in [2.45, 2.75) is 19.9 Å². The first-order valence-electron chi connectivity index (χ1n) is 7.97. The highest BCUT2D eigenvalue weighted by Gasteiger charge is 2.31. The molecular formula is C19H17ClFN3OS. The van der Waals surface area contributed by atoms with Crippen molar-refractivity contribution in [1.29, 1.82) is 0 Å². The number of rotatable bonds is 3. The van der Waals surface area contributed by atoms with Gasteiger partial charge in [-0.25, -0.2) is 4.39 Å². The van der Waals surface area contributed by atoms with Gasteiger partial charge in [0, 0.05) is 22.0 Å². The first kappa shape index (κ1) is 18.4. The quantitative estimate of drug-likeness (QED) is 0.688. The van der Waals surface area contributed by atoms with Crippen LogP contribution in [0.25, 0.3) is 0 Å². The Morgan fingerprint density at radius 2 is 1.96 bits per heavy atom. The van der Waals surface area contributed by atoms with Gasteiger partial charge < -0.3 is 16.0 Å². The Morgan fingerprint density at radius 1 is 1.23 bits per heavy atom. The molecule has 0 saturated heterocycles. The third-order valence-corrected chi connectivity index (χ3v) is 4.63. The molecule has 2 aromatic carbocycles. The van der Waals surface area contributed by atoms with E-state index in [1.54, 1.807) is 37.3 Å². The van der Waals surface area contributed by atoms with Crippen molar-refractivity contribution in [2.24, 2.45) is 0 Å². The summed E-state index contributed by atoms with van der Waals surface area (Å²) in [7, 11) is 0. The molecule has 0 bridgehead atoms. The smallest absolute Gasteiger partial charge is 0.255 e. The summed E-state index contributed by atoms with van der Waals surface area (Å²) in [6, 6.07) is 10.9. The maximum absolute atomic E-state index is 14.3. The normalized spacial score (nSPS) is 16.8. The number of hydrogen-bond acceptors (Lipinski definition) is 2. The number of carbonyl (C=O) groups excluding carboxylic acids is 1. The van der Waals surface area contributed by atoms with Gasteiger partial charge >= 0.3 is 0 Å². The Morgan fingerprint density at radius 3 is 2.69 bits per heavy atom. The highest BCUT2D eigenvalue weighted by Crippen LogP contribution is 2.30. The lowest BCUT2D eigenvalue weighted by molar-refractivity contribution is -0.113. The van der Waals surface area contributed by atoms with Crippen molar-refractivity contribution in [1.82, 2.24) is 10.6 Å². The van der Waals surface area contributed by atoms with Crippen molar-refractivity contribution in [3.63, 3.8) is 0 Å². The molecule has 0 saturated carbocycles. The molecule has 134 valence electrons. The standard InChI is InChI=1S/C19H17ClFN3OS/c1-10-7-8-12(20)9-15(10)23-18(25)16-11(2)22-19(26)24-17(16)13-5-3-4-6-14(13)21/h3-9,17H,1-2H3,(H,23,25)(H2,22,24,26)/t17-/m1/s1. The lowest BCUT2D eigenvalue weighted by atomic mass is 9.94. The highest BCUT2D eigenvalue weighted by molar-refractivity contribution is 7.80. The molecule has 0 aliphatic carbocycles. The van der Waals surface area contributed by atoms with Gasteiger partial charge in [0.15, 0.2) is 5.11 Å². The first-order valence-corrected chi connectivity index (χ1v) is 8.75. The fraction of sp³-hybridized carbons (Fsp3) is 0.158. The molecule has 0 unspecified atom stereocenters. The molecule has 0 spiro atoms. The van der Waals surface area contributed by atoms with Crippen LogP contribution >= 0.6 is 23.8 Å². The Hall–Kier alpha value is -2.44. The third kappa shape index (κ3) is 3.71. The fourth-order valence-electron chi connectivity index (χ4n) is 2.86. The first-order chi connectivity index (χ1) is 12.4. The van der Waals surface area contributed by atoms with Crippen molar-refractivity contribution in [2.75, 3.05) is 5.32 Å². The molecule has 1 aliphatic rings. The van der Waals surface area contributed by atoms with Crippen molar-refractivity contribution >= 4 is 40.5 Å². The third-order valence-electron chi connectivity index (χ3n) is 4.18. The summed E-state index contributed by atoms with van der Waals surface area (Å²) in [5, 5.41) is 9.63. The topological polar surface area (TPSA) is 53.2 Å². The van der Waals surface area contributed by atoms with E-state index >= 15 is 0 Å². The molecule has 4 nitrogen and oxygen atoms in total. The van der Waals surface area contributed by atoms with Gasteiger partial charge in [0.2, 0.25) is 0 Å². The summed E-state index contributed by atoms with van der Waals surface area (Å²) >= 11 is 11.2. The molecule has 2 aromatic rings. The Bertz CT molecular complexity index is 929. The molecule has 0 fully saturated rings. The van der Waals surface area contributed by atoms with E-state index in [-0.39, 0.29) is 5.91 Å². The summed E-state index contributed by atoms with van der Waals surface area (Å²) < 4.78 is 14.3. The van der Waals surface area contributed by atoms with Gasteiger partial charge in [-0.05, 0) is 49.8 Å². The molecule has 0 aromatic heterocycles. The molecule has 1 heterocycles. The van der Waals surface area contributed by atoms with Crippen LogP contribution in [0.4, 0.5) is 10.1 Å². The van der Waals surface area contributed by atoms with E-state index in [0.717, 1.165) is 5.56 Å². The molecule has 3 rings (SSSR count).